The van der Waals surface area contributed by atoms with Gasteiger partial charge in [0.05, 0.1) is 25.1 Å². The second kappa shape index (κ2) is 7.45. The Morgan fingerprint density at radius 2 is 1.95 bits per heavy atom. The highest BCUT2D eigenvalue weighted by Gasteiger charge is 2.16. The molecule has 3 rings (SSSR count). The van der Waals surface area contributed by atoms with E-state index >= 15 is 0 Å². The number of ether oxygens (including phenoxy) is 1. The Kier molecular flexibility index (Phi) is 5.11. The molecule has 2 aliphatic rings. The maximum absolute atomic E-state index is 12.0. The Balaban J connectivity index is 1.50. The number of amides is 2. The van der Waals surface area contributed by atoms with Crippen LogP contribution in [0.2, 0.25) is 0 Å². The lowest BCUT2D eigenvalue weighted by Gasteiger charge is -2.27. The molecule has 2 N–H and O–H groups in total. The molecule has 2 heterocycles. The molecule has 6 heteroatoms. The van der Waals surface area contributed by atoms with Gasteiger partial charge in [0.25, 0.3) is 0 Å². The molecule has 1 aliphatic heterocycles. The van der Waals surface area contributed by atoms with Crippen molar-refractivity contribution in [3.05, 3.63) is 18.3 Å². The average Bonchev–Trinajstić information content (AvgIpc) is 2.57. The maximum atomic E-state index is 12.0. The first-order chi connectivity index (χ1) is 10.8. The molecule has 0 atom stereocenters. The molecule has 0 unspecified atom stereocenters. The van der Waals surface area contributed by atoms with Crippen LogP contribution in [0.1, 0.15) is 32.1 Å². The number of rotatable bonds is 3. The van der Waals surface area contributed by atoms with Gasteiger partial charge >= 0.3 is 6.03 Å². The summed E-state index contributed by atoms with van der Waals surface area (Å²) in [4.78, 5) is 18.6. The van der Waals surface area contributed by atoms with Gasteiger partial charge in [-0.2, -0.15) is 0 Å². The summed E-state index contributed by atoms with van der Waals surface area (Å²) in [7, 11) is 0. The summed E-state index contributed by atoms with van der Waals surface area (Å²) in [6.45, 7) is 3.21. The van der Waals surface area contributed by atoms with Crippen LogP contribution in [-0.4, -0.2) is 43.4 Å². The molecular weight excluding hydrogens is 280 g/mol. The van der Waals surface area contributed by atoms with Crippen LogP contribution in [0.25, 0.3) is 0 Å². The third kappa shape index (κ3) is 4.10. The molecule has 1 aliphatic carbocycles. The van der Waals surface area contributed by atoms with Crippen LogP contribution in [0.4, 0.5) is 16.3 Å². The highest BCUT2D eigenvalue weighted by Crippen LogP contribution is 2.18. The smallest absolute Gasteiger partial charge is 0.319 e. The quantitative estimate of drug-likeness (QED) is 0.900. The molecule has 1 saturated heterocycles. The summed E-state index contributed by atoms with van der Waals surface area (Å²) in [6, 6.07) is 4.03. The molecule has 1 saturated carbocycles. The summed E-state index contributed by atoms with van der Waals surface area (Å²) in [5, 5.41) is 5.90. The summed E-state index contributed by atoms with van der Waals surface area (Å²) in [6.07, 6.45) is 7.59. The van der Waals surface area contributed by atoms with E-state index in [1.54, 1.807) is 6.20 Å². The summed E-state index contributed by atoms with van der Waals surface area (Å²) < 4.78 is 5.33. The zero-order valence-electron chi connectivity index (χ0n) is 12.9. The summed E-state index contributed by atoms with van der Waals surface area (Å²) in [5.41, 5.74) is 0.727. The molecule has 6 nitrogen and oxygen atoms in total. The monoisotopic (exact) mass is 304 g/mol. The lowest BCUT2D eigenvalue weighted by Crippen LogP contribution is -2.39. The number of carbonyl (C=O) groups is 1. The van der Waals surface area contributed by atoms with E-state index in [1.165, 1.54) is 19.3 Å². The lowest BCUT2D eigenvalue weighted by molar-refractivity contribution is 0.122. The molecule has 0 spiro atoms. The van der Waals surface area contributed by atoms with Crippen molar-refractivity contribution in [3.8, 4) is 0 Å². The Bertz CT molecular complexity index is 479. The van der Waals surface area contributed by atoms with Crippen LogP contribution in [0, 0.1) is 0 Å². The number of hydrogen-bond acceptors (Lipinski definition) is 4. The van der Waals surface area contributed by atoms with Crippen molar-refractivity contribution in [2.45, 2.75) is 38.1 Å². The van der Waals surface area contributed by atoms with E-state index in [-0.39, 0.29) is 6.03 Å². The van der Waals surface area contributed by atoms with Gasteiger partial charge in [0.15, 0.2) is 0 Å². The van der Waals surface area contributed by atoms with E-state index in [4.69, 9.17) is 4.74 Å². The summed E-state index contributed by atoms with van der Waals surface area (Å²) >= 11 is 0. The van der Waals surface area contributed by atoms with Gasteiger partial charge in [-0.1, -0.05) is 19.3 Å². The van der Waals surface area contributed by atoms with Crippen LogP contribution in [0.5, 0.6) is 0 Å². The maximum Gasteiger partial charge on any atom is 0.319 e. The van der Waals surface area contributed by atoms with E-state index < -0.39 is 0 Å². The zero-order valence-corrected chi connectivity index (χ0v) is 12.9. The van der Waals surface area contributed by atoms with Gasteiger partial charge in [0.2, 0.25) is 0 Å². The van der Waals surface area contributed by atoms with E-state index in [0.29, 0.717) is 6.04 Å². The van der Waals surface area contributed by atoms with Crippen molar-refractivity contribution in [2.24, 2.45) is 0 Å². The fourth-order valence-electron chi connectivity index (χ4n) is 3.04. The normalized spacial score (nSPS) is 19.7. The second-order valence-electron chi connectivity index (χ2n) is 5.94. The molecular formula is C16H24N4O2. The number of carbonyl (C=O) groups excluding carboxylic acids is 1. The molecule has 2 fully saturated rings. The minimum atomic E-state index is -0.132. The number of anilines is 2. The van der Waals surface area contributed by atoms with Crippen molar-refractivity contribution >= 4 is 17.5 Å². The highest BCUT2D eigenvalue weighted by molar-refractivity contribution is 5.89. The Morgan fingerprint density at radius 3 is 2.64 bits per heavy atom. The van der Waals surface area contributed by atoms with E-state index in [9.17, 15) is 4.79 Å². The van der Waals surface area contributed by atoms with E-state index in [0.717, 1.165) is 50.7 Å². The number of urea groups is 1. The van der Waals surface area contributed by atoms with Crippen molar-refractivity contribution < 1.29 is 9.53 Å². The Labute approximate surface area is 131 Å². The highest BCUT2D eigenvalue weighted by atomic mass is 16.5. The molecule has 1 aromatic rings. The largest absolute Gasteiger partial charge is 0.378 e. The van der Waals surface area contributed by atoms with Gasteiger partial charge < -0.3 is 20.3 Å². The number of nitrogens with zero attached hydrogens (tertiary/aromatic N) is 2. The predicted octanol–water partition coefficient (Wildman–Crippen LogP) is 2.37. The van der Waals surface area contributed by atoms with Crippen LogP contribution in [0.15, 0.2) is 18.3 Å². The van der Waals surface area contributed by atoms with Crippen molar-refractivity contribution in [1.29, 1.82) is 0 Å². The van der Waals surface area contributed by atoms with Gasteiger partial charge in [-0.15, -0.1) is 0 Å². The molecule has 0 aromatic carbocycles. The third-order valence-corrected chi connectivity index (χ3v) is 4.28. The van der Waals surface area contributed by atoms with Gasteiger partial charge in [-0.25, -0.2) is 9.78 Å². The lowest BCUT2D eigenvalue weighted by atomic mass is 9.96. The van der Waals surface area contributed by atoms with Crippen molar-refractivity contribution in [3.63, 3.8) is 0 Å². The minimum absolute atomic E-state index is 0.132. The SMILES string of the molecule is O=C(Nc1ccc(N2CCOCC2)nc1)NC1CCCCC1. The molecule has 0 bridgehead atoms. The summed E-state index contributed by atoms with van der Waals surface area (Å²) in [5.74, 6) is 0.932. The molecule has 120 valence electrons. The van der Waals surface area contributed by atoms with Crippen molar-refractivity contribution in [1.82, 2.24) is 10.3 Å². The average molecular weight is 304 g/mol. The predicted molar refractivity (Wildman–Crippen MR) is 86.3 cm³/mol. The zero-order chi connectivity index (χ0) is 15.2. The van der Waals surface area contributed by atoms with E-state index in [2.05, 4.69) is 20.5 Å². The van der Waals surface area contributed by atoms with Crippen LogP contribution in [0.3, 0.4) is 0 Å². The Morgan fingerprint density at radius 1 is 1.18 bits per heavy atom. The fourth-order valence-corrected chi connectivity index (χ4v) is 3.04. The fraction of sp³-hybridized carbons (Fsp3) is 0.625. The molecule has 2 amide bonds. The topological polar surface area (TPSA) is 66.5 Å². The minimum Gasteiger partial charge on any atom is -0.378 e. The van der Waals surface area contributed by atoms with Crippen LogP contribution >= 0.6 is 0 Å². The number of morpholine rings is 1. The Hall–Kier alpha value is -1.82. The molecule has 22 heavy (non-hydrogen) atoms. The number of hydrogen-bond donors (Lipinski definition) is 2. The van der Waals surface area contributed by atoms with Gasteiger partial charge in [-0.05, 0) is 25.0 Å². The first-order valence-corrected chi connectivity index (χ1v) is 8.17. The molecule has 0 radical (unpaired) electrons. The van der Waals surface area contributed by atoms with Crippen LogP contribution in [-0.2, 0) is 4.74 Å². The second-order valence-corrected chi connectivity index (χ2v) is 5.94. The van der Waals surface area contributed by atoms with Crippen LogP contribution < -0.4 is 15.5 Å². The van der Waals surface area contributed by atoms with E-state index in [1.807, 2.05) is 12.1 Å². The number of nitrogens with one attached hydrogen (secondary N) is 2. The number of pyridine rings is 1. The van der Waals surface area contributed by atoms with Crippen molar-refractivity contribution in [2.75, 3.05) is 36.5 Å². The van der Waals surface area contributed by atoms with Gasteiger partial charge in [-0.3, -0.25) is 0 Å². The molecule has 1 aromatic heterocycles. The first kappa shape index (κ1) is 15.1. The standard InChI is InChI=1S/C16H24N4O2/c21-16(18-13-4-2-1-3-5-13)19-14-6-7-15(17-12-14)20-8-10-22-11-9-20/h6-7,12-13H,1-5,8-11H2,(H2,18,19,21). The van der Waals surface area contributed by atoms with Gasteiger partial charge in [0, 0.05) is 19.1 Å². The first-order valence-electron chi connectivity index (χ1n) is 8.17. The van der Waals surface area contributed by atoms with Gasteiger partial charge in [0.1, 0.15) is 5.82 Å². The third-order valence-electron chi connectivity index (χ3n) is 4.28. The number of aromatic nitrogens is 1.